The number of aliphatic carboxylic acids is 1. The molecule has 0 aliphatic carbocycles. The van der Waals surface area contributed by atoms with E-state index >= 15 is 0 Å². The van der Waals surface area contributed by atoms with Crippen LogP contribution in [-0.2, 0) is 22.5 Å². The number of rotatable bonds is 17. The molecule has 1 heterocycles. The van der Waals surface area contributed by atoms with Crippen LogP contribution in [0.2, 0.25) is 0 Å². The maximum Gasteiger partial charge on any atom is 0.333 e. The summed E-state index contributed by atoms with van der Waals surface area (Å²) in [5.74, 6) is -0.175. The largest absolute Gasteiger partial charge is 0.492 e. The number of likely N-dealkylation sites (N-methyl/N-ethyl adjacent to an activating group) is 1. The molecule has 0 radical (unpaired) electrons. The third kappa shape index (κ3) is 11.5. The van der Waals surface area contributed by atoms with Gasteiger partial charge >= 0.3 is 5.97 Å². The zero-order valence-electron chi connectivity index (χ0n) is 25.7. The Morgan fingerprint density at radius 3 is 2.14 bits per heavy atom. The summed E-state index contributed by atoms with van der Waals surface area (Å²) in [6.07, 6.45) is -4.05. The maximum atomic E-state index is 11.3. The van der Waals surface area contributed by atoms with Crippen LogP contribution < -0.4 is 10.1 Å². The van der Waals surface area contributed by atoms with Crippen LogP contribution in [0.4, 0.5) is 0 Å². The maximum absolute atomic E-state index is 11.3. The first kappa shape index (κ1) is 37.2. The van der Waals surface area contributed by atoms with Crippen molar-refractivity contribution >= 4 is 17.7 Å². The van der Waals surface area contributed by atoms with Gasteiger partial charge in [-0.3, -0.25) is 0 Å². The van der Waals surface area contributed by atoms with E-state index in [2.05, 4.69) is 59.5 Å². The molecule has 11 nitrogen and oxygen atoms in total. The molecule has 3 aromatic rings. The zero-order valence-corrected chi connectivity index (χ0v) is 26.5. The predicted octanol–water partition coefficient (Wildman–Crippen LogP) is 1.94. The van der Waals surface area contributed by atoms with Gasteiger partial charge in [0.25, 0.3) is 0 Å². The quantitative estimate of drug-likeness (QED) is 0.108. The first-order chi connectivity index (χ1) is 21.1. The Bertz CT molecular complexity index is 1240. The molecule has 0 fully saturated rings. The van der Waals surface area contributed by atoms with E-state index in [4.69, 9.17) is 29.9 Å². The van der Waals surface area contributed by atoms with Gasteiger partial charge in [-0.05, 0) is 74.7 Å². The third-order valence-electron chi connectivity index (χ3n) is 6.89. The normalized spacial score (nSPS) is 14.6. The summed E-state index contributed by atoms with van der Waals surface area (Å²) in [5, 5.41) is 56.7. The second-order valence-corrected chi connectivity index (χ2v) is 11.0. The number of aromatic nitrogens is 1. The third-order valence-corrected chi connectivity index (χ3v) is 7.64. The Kier molecular flexibility index (Phi) is 16.5. The Morgan fingerprint density at radius 1 is 0.955 bits per heavy atom. The average Bonchev–Trinajstić information content (AvgIpc) is 3.40. The van der Waals surface area contributed by atoms with Crippen molar-refractivity contribution in [1.29, 1.82) is 0 Å². The number of carbonyl (C=O) groups is 1. The number of hydrogen-bond donors (Lipinski definition) is 7. The number of benzene rings is 2. The molecule has 7 N–H and O–H groups in total. The molecule has 12 heteroatoms. The van der Waals surface area contributed by atoms with Crippen molar-refractivity contribution in [3.8, 4) is 17.0 Å². The monoisotopic (exact) mass is 634 g/mol. The highest BCUT2D eigenvalue weighted by atomic mass is 32.2. The molecule has 44 heavy (non-hydrogen) atoms. The van der Waals surface area contributed by atoms with Crippen molar-refractivity contribution in [2.45, 2.75) is 62.2 Å². The molecule has 0 bridgehead atoms. The summed E-state index contributed by atoms with van der Waals surface area (Å²) in [4.78, 5) is 12.5. The van der Waals surface area contributed by atoms with Crippen molar-refractivity contribution in [1.82, 2.24) is 9.88 Å². The molecule has 0 saturated heterocycles. The van der Waals surface area contributed by atoms with Crippen molar-refractivity contribution in [2.75, 3.05) is 39.7 Å². The van der Waals surface area contributed by atoms with Gasteiger partial charge in [0.15, 0.2) is 6.10 Å². The number of hydrogen-bond acceptors (Lipinski definition) is 10. The zero-order chi connectivity index (χ0) is 32.6. The van der Waals surface area contributed by atoms with Gasteiger partial charge in [-0.15, -0.1) is 11.8 Å². The molecule has 0 amide bonds. The van der Waals surface area contributed by atoms with Crippen LogP contribution in [0.1, 0.15) is 18.2 Å². The Labute approximate surface area is 263 Å². The van der Waals surface area contributed by atoms with Gasteiger partial charge in [-0.2, -0.15) is 0 Å². The summed E-state index contributed by atoms with van der Waals surface area (Å²) in [6.45, 7) is 4.99. The number of carboxylic acid groups (broad SMARTS) is 1. The van der Waals surface area contributed by atoms with Crippen LogP contribution >= 0.6 is 11.8 Å². The van der Waals surface area contributed by atoms with E-state index in [1.165, 1.54) is 21.8 Å². The van der Waals surface area contributed by atoms with E-state index in [9.17, 15) is 15.0 Å². The van der Waals surface area contributed by atoms with E-state index in [-0.39, 0.29) is 6.54 Å². The van der Waals surface area contributed by atoms with Gasteiger partial charge in [0.05, 0.1) is 19.3 Å². The number of thioether (sulfide) groups is 1. The molecule has 0 unspecified atom stereocenters. The molecule has 0 aliphatic rings. The van der Waals surface area contributed by atoms with E-state index in [0.29, 0.717) is 19.6 Å². The smallest absolute Gasteiger partial charge is 0.333 e. The summed E-state index contributed by atoms with van der Waals surface area (Å²) in [7, 11) is 1.57. The number of aliphatic hydroxyl groups excluding tert-OH is 5. The van der Waals surface area contributed by atoms with E-state index in [1.807, 2.05) is 24.3 Å². The molecule has 244 valence electrons. The Morgan fingerprint density at radius 2 is 1.59 bits per heavy atom. The SMILES string of the molecule is CCO[C@@H](Cc1ccc(OCCn2c(C)ccc2-c2ccc(SC)cc2)cc1)C(=O)O.CNC[C@H](O)[C@@H](O)[C@H](O)[C@H](O)CO. The fourth-order valence-electron chi connectivity index (χ4n) is 4.38. The standard InChI is InChI=1S/C25H29NO4S.C7H17NO5/c1-4-29-24(25(27)28)17-19-6-10-21(11-7-19)30-16-15-26-18(2)5-14-23(26)20-8-12-22(31-3)13-9-20;1-8-2-4(10)6(12)7(13)5(11)3-9/h5-14,24H,4,15-17H2,1-3H3,(H,27,28);4-13H,2-3H2,1H3/t24-;4-,5+,6+,7+/m00/s1. The Balaban J connectivity index is 0.000000439. The molecule has 2 aromatic carbocycles. The van der Waals surface area contributed by atoms with E-state index < -0.39 is 43.1 Å². The lowest BCUT2D eigenvalue weighted by molar-refractivity contribution is -0.149. The minimum absolute atomic E-state index is 0.0936. The van der Waals surface area contributed by atoms with Crippen LogP contribution in [0.15, 0.2) is 65.6 Å². The van der Waals surface area contributed by atoms with Crippen LogP contribution in [0.25, 0.3) is 11.3 Å². The minimum atomic E-state index is -1.55. The van der Waals surface area contributed by atoms with Gasteiger partial charge in [-0.1, -0.05) is 24.3 Å². The second-order valence-electron chi connectivity index (χ2n) is 10.1. The van der Waals surface area contributed by atoms with Crippen molar-refractivity contribution in [2.24, 2.45) is 0 Å². The number of nitrogens with zero attached hydrogens (tertiary/aromatic N) is 1. The van der Waals surface area contributed by atoms with Crippen LogP contribution in [0.3, 0.4) is 0 Å². The number of carboxylic acids is 1. The highest BCUT2D eigenvalue weighted by Crippen LogP contribution is 2.25. The summed E-state index contributed by atoms with van der Waals surface area (Å²) >= 11 is 1.74. The lowest BCUT2D eigenvalue weighted by atomic mass is 10.0. The summed E-state index contributed by atoms with van der Waals surface area (Å²) in [6, 6.07) is 20.4. The van der Waals surface area contributed by atoms with Gasteiger partial charge < -0.3 is 50.0 Å². The van der Waals surface area contributed by atoms with Gasteiger partial charge in [0, 0.05) is 35.9 Å². The number of ether oxygens (including phenoxy) is 2. The first-order valence-electron chi connectivity index (χ1n) is 14.4. The fourth-order valence-corrected chi connectivity index (χ4v) is 4.79. The fraction of sp³-hybridized carbons (Fsp3) is 0.469. The summed E-state index contributed by atoms with van der Waals surface area (Å²) in [5.41, 5.74) is 4.47. The molecule has 3 rings (SSSR count). The van der Waals surface area contributed by atoms with E-state index in [0.717, 1.165) is 17.9 Å². The highest BCUT2D eigenvalue weighted by Gasteiger charge is 2.29. The summed E-state index contributed by atoms with van der Waals surface area (Å²) < 4.78 is 13.5. The first-order valence-corrected chi connectivity index (χ1v) is 15.6. The lowest BCUT2D eigenvalue weighted by Gasteiger charge is -2.25. The van der Waals surface area contributed by atoms with Crippen LogP contribution in [-0.4, -0.2) is 111 Å². The molecule has 0 spiro atoms. The van der Waals surface area contributed by atoms with E-state index in [1.54, 1.807) is 25.7 Å². The van der Waals surface area contributed by atoms with Crippen molar-refractivity contribution < 1.29 is 44.9 Å². The number of aryl methyl sites for hydroxylation is 1. The predicted molar refractivity (Wildman–Crippen MR) is 170 cm³/mol. The number of aliphatic hydroxyl groups is 5. The van der Waals surface area contributed by atoms with Crippen LogP contribution in [0, 0.1) is 6.92 Å². The average molecular weight is 635 g/mol. The molecule has 1 aromatic heterocycles. The molecule has 0 saturated carbocycles. The molecular formula is C32H46N2O9S. The van der Waals surface area contributed by atoms with Crippen LogP contribution in [0.5, 0.6) is 5.75 Å². The Hall–Kier alpha value is -2.94. The molecule has 5 atom stereocenters. The topological polar surface area (TPSA) is 174 Å². The van der Waals surface area contributed by atoms with Crippen molar-refractivity contribution in [3.05, 3.63) is 71.9 Å². The highest BCUT2D eigenvalue weighted by molar-refractivity contribution is 7.98. The molecular weight excluding hydrogens is 588 g/mol. The minimum Gasteiger partial charge on any atom is -0.492 e. The van der Waals surface area contributed by atoms with Gasteiger partial charge in [0.2, 0.25) is 0 Å². The van der Waals surface area contributed by atoms with Gasteiger partial charge in [0.1, 0.15) is 30.7 Å². The lowest BCUT2D eigenvalue weighted by Crippen LogP contribution is -2.48. The second kappa shape index (κ2) is 19.4. The van der Waals surface area contributed by atoms with Crippen molar-refractivity contribution in [3.63, 3.8) is 0 Å². The molecule has 0 aliphatic heterocycles. The van der Waals surface area contributed by atoms with Gasteiger partial charge in [-0.25, -0.2) is 4.79 Å². The number of nitrogens with one attached hydrogen (secondary N) is 1.